The summed E-state index contributed by atoms with van der Waals surface area (Å²) in [5.41, 5.74) is -0.197. The van der Waals surface area contributed by atoms with Gasteiger partial charge in [0, 0.05) is 16.4 Å². The van der Waals surface area contributed by atoms with Crippen LogP contribution in [0, 0.1) is 11.2 Å². The fourth-order valence-corrected chi connectivity index (χ4v) is 3.06. The minimum atomic E-state index is -0.543. The highest BCUT2D eigenvalue weighted by Crippen LogP contribution is 2.35. The molecular weight excluding hydrogens is 325 g/mol. The molecule has 2 N–H and O–H groups in total. The lowest BCUT2D eigenvalue weighted by molar-refractivity contribution is 0.0716. The summed E-state index contributed by atoms with van der Waals surface area (Å²) in [5, 5.41) is 12.4. The number of halogens is 2. The SMILES string of the molecule is O=C(NCC1(CO)CCCCC1)c1ccc(Br)cc1F. The Bertz CT molecular complexity index is 487. The van der Waals surface area contributed by atoms with Crippen LogP contribution in [0.2, 0.25) is 0 Å². The van der Waals surface area contributed by atoms with Crippen molar-refractivity contribution in [3.63, 3.8) is 0 Å². The molecule has 0 bridgehead atoms. The summed E-state index contributed by atoms with van der Waals surface area (Å²) < 4.78 is 14.3. The van der Waals surface area contributed by atoms with Gasteiger partial charge in [-0.2, -0.15) is 0 Å². The van der Waals surface area contributed by atoms with E-state index in [9.17, 15) is 14.3 Å². The Kier molecular flexibility index (Phi) is 5.16. The minimum absolute atomic E-state index is 0.0390. The van der Waals surface area contributed by atoms with Gasteiger partial charge in [-0.3, -0.25) is 4.79 Å². The van der Waals surface area contributed by atoms with Gasteiger partial charge in [-0.1, -0.05) is 35.2 Å². The van der Waals surface area contributed by atoms with Crippen LogP contribution in [0.3, 0.4) is 0 Å². The molecule has 0 aliphatic heterocycles. The van der Waals surface area contributed by atoms with E-state index in [0.29, 0.717) is 11.0 Å². The van der Waals surface area contributed by atoms with E-state index in [0.717, 1.165) is 25.7 Å². The maximum absolute atomic E-state index is 13.7. The van der Waals surface area contributed by atoms with Gasteiger partial charge in [0.2, 0.25) is 0 Å². The first-order chi connectivity index (χ1) is 9.56. The summed E-state index contributed by atoms with van der Waals surface area (Å²) >= 11 is 3.16. The van der Waals surface area contributed by atoms with Crippen molar-refractivity contribution in [3.05, 3.63) is 34.1 Å². The molecule has 0 unspecified atom stereocenters. The standard InChI is InChI=1S/C15H19BrFNO2/c16-11-4-5-12(13(17)8-11)14(20)18-9-15(10-19)6-2-1-3-7-15/h4-5,8,19H,1-3,6-7,9-10H2,(H,18,20). The van der Waals surface area contributed by atoms with Gasteiger partial charge >= 0.3 is 0 Å². The summed E-state index contributed by atoms with van der Waals surface area (Å²) in [6.07, 6.45) is 5.14. The van der Waals surface area contributed by atoms with Gasteiger partial charge in [-0.05, 0) is 31.0 Å². The lowest BCUT2D eigenvalue weighted by Crippen LogP contribution is -2.41. The second-order valence-corrected chi connectivity index (χ2v) is 6.44. The predicted molar refractivity (Wildman–Crippen MR) is 79.0 cm³/mol. The molecule has 1 aromatic rings. The summed E-state index contributed by atoms with van der Waals surface area (Å²) in [4.78, 5) is 12.0. The van der Waals surface area contributed by atoms with Gasteiger partial charge in [0.15, 0.2) is 0 Å². The van der Waals surface area contributed by atoms with Crippen molar-refractivity contribution in [1.29, 1.82) is 0 Å². The number of amides is 1. The van der Waals surface area contributed by atoms with E-state index < -0.39 is 11.7 Å². The molecule has 1 amide bonds. The fraction of sp³-hybridized carbons (Fsp3) is 0.533. The van der Waals surface area contributed by atoms with Gasteiger partial charge in [-0.25, -0.2) is 4.39 Å². The fourth-order valence-electron chi connectivity index (χ4n) is 2.73. The van der Waals surface area contributed by atoms with E-state index in [2.05, 4.69) is 21.2 Å². The number of hydrogen-bond donors (Lipinski definition) is 2. The lowest BCUT2D eigenvalue weighted by Gasteiger charge is -2.35. The van der Waals surface area contributed by atoms with Crippen LogP contribution in [-0.2, 0) is 0 Å². The van der Waals surface area contributed by atoms with Crippen LogP contribution in [-0.4, -0.2) is 24.2 Å². The average molecular weight is 344 g/mol. The normalized spacial score (nSPS) is 17.8. The molecule has 0 spiro atoms. The maximum Gasteiger partial charge on any atom is 0.254 e. The van der Waals surface area contributed by atoms with Crippen molar-refractivity contribution in [2.24, 2.45) is 5.41 Å². The Morgan fingerprint density at radius 2 is 2.05 bits per heavy atom. The van der Waals surface area contributed by atoms with E-state index in [1.165, 1.54) is 18.6 Å². The molecule has 20 heavy (non-hydrogen) atoms. The van der Waals surface area contributed by atoms with Crippen molar-refractivity contribution in [1.82, 2.24) is 5.32 Å². The van der Waals surface area contributed by atoms with Crippen LogP contribution in [0.15, 0.2) is 22.7 Å². The summed E-state index contributed by atoms with van der Waals surface area (Å²) in [7, 11) is 0. The molecule has 0 saturated heterocycles. The molecule has 110 valence electrons. The van der Waals surface area contributed by atoms with Gasteiger partial charge < -0.3 is 10.4 Å². The molecular formula is C15H19BrFNO2. The van der Waals surface area contributed by atoms with Crippen LogP contribution in [0.1, 0.15) is 42.5 Å². The largest absolute Gasteiger partial charge is 0.396 e. The number of aliphatic hydroxyl groups is 1. The van der Waals surface area contributed by atoms with Gasteiger partial charge in [0.1, 0.15) is 5.82 Å². The highest BCUT2D eigenvalue weighted by Gasteiger charge is 2.32. The number of aliphatic hydroxyl groups excluding tert-OH is 1. The lowest BCUT2D eigenvalue weighted by atomic mass is 9.74. The Morgan fingerprint density at radius 3 is 2.65 bits per heavy atom. The van der Waals surface area contributed by atoms with Crippen molar-refractivity contribution in [2.45, 2.75) is 32.1 Å². The van der Waals surface area contributed by atoms with E-state index in [-0.39, 0.29) is 17.6 Å². The number of benzene rings is 1. The molecule has 0 radical (unpaired) electrons. The van der Waals surface area contributed by atoms with Gasteiger partial charge in [0.05, 0.1) is 12.2 Å². The molecule has 0 heterocycles. The highest BCUT2D eigenvalue weighted by molar-refractivity contribution is 9.10. The van der Waals surface area contributed by atoms with Crippen LogP contribution < -0.4 is 5.32 Å². The monoisotopic (exact) mass is 343 g/mol. The van der Waals surface area contributed by atoms with E-state index >= 15 is 0 Å². The average Bonchev–Trinajstić information content (AvgIpc) is 2.46. The Hall–Kier alpha value is -0.940. The molecule has 0 atom stereocenters. The van der Waals surface area contributed by atoms with Crippen molar-refractivity contribution in [2.75, 3.05) is 13.2 Å². The van der Waals surface area contributed by atoms with Crippen LogP contribution >= 0.6 is 15.9 Å². The first kappa shape index (κ1) is 15.4. The number of nitrogens with one attached hydrogen (secondary N) is 1. The Morgan fingerprint density at radius 1 is 1.35 bits per heavy atom. The highest BCUT2D eigenvalue weighted by atomic mass is 79.9. The Labute approximate surface area is 126 Å². The molecule has 1 fully saturated rings. The van der Waals surface area contributed by atoms with Gasteiger partial charge in [-0.15, -0.1) is 0 Å². The van der Waals surface area contributed by atoms with Gasteiger partial charge in [0.25, 0.3) is 5.91 Å². The molecule has 3 nitrogen and oxygen atoms in total. The smallest absolute Gasteiger partial charge is 0.254 e. The summed E-state index contributed by atoms with van der Waals surface area (Å²) in [6.45, 7) is 0.466. The zero-order valence-electron chi connectivity index (χ0n) is 11.3. The zero-order valence-corrected chi connectivity index (χ0v) is 12.9. The Balaban J connectivity index is 2.00. The second kappa shape index (κ2) is 6.68. The number of rotatable bonds is 4. The third-order valence-corrected chi connectivity index (χ3v) is 4.54. The van der Waals surface area contributed by atoms with Crippen LogP contribution in [0.5, 0.6) is 0 Å². The van der Waals surface area contributed by atoms with Crippen molar-refractivity contribution in [3.8, 4) is 0 Å². The first-order valence-electron chi connectivity index (χ1n) is 6.90. The molecule has 1 aromatic carbocycles. The van der Waals surface area contributed by atoms with E-state index in [4.69, 9.17) is 0 Å². The van der Waals surface area contributed by atoms with Crippen molar-refractivity contribution < 1.29 is 14.3 Å². The number of carbonyl (C=O) groups excluding carboxylic acids is 1. The molecule has 0 aromatic heterocycles. The molecule has 1 aliphatic carbocycles. The molecule has 2 rings (SSSR count). The molecule has 5 heteroatoms. The third-order valence-electron chi connectivity index (χ3n) is 4.05. The summed E-state index contributed by atoms with van der Waals surface area (Å²) in [6, 6.07) is 4.37. The minimum Gasteiger partial charge on any atom is -0.396 e. The number of hydrogen-bond acceptors (Lipinski definition) is 2. The maximum atomic E-state index is 13.7. The quantitative estimate of drug-likeness (QED) is 0.881. The second-order valence-electron chi connectivity index (χ2n) is 5.53. The van der Waals surface area contributed by atoms with Crippen LogP contribution in [0.4, 0.5) is 4.39 Å². The topological polar surface area (TPSA) is 49.3 Å². The predicted octanol–water partition coefficient (Wildman–Crippen LogP) is 3.26. The third kappa shape index (κ3) is 3.58. The molecule has 1 saturated carbocycles. The first-order valence-corrected chi connectivity index (χ1v) is 7.70. The molecule has 1 aliphatic rings. The zero-order chi connectivity index (χ0) is 14.6. The summed E-state index contributed by atoms with van der Waals surface area (Å²) in [5.74, 6) is -0.966. The van der Waals surface area contributed by atoms with E-state index in [1.54, 1.807) is 6.07 Å². The van der Waals surface area contributed by atoms with Crippen LogP contribution in [0.25, 0.3) is 0 Å². The van der Waals surface area contributed by atoms with Crippen molar-refractivity contribution >= 4 is 21.8 Å². The van der Waals surface area contributed by atoms with E-state index in [1.807, 2.05) is 0 Å². The number of carbonyl (C=O) groups is 1.